The lowest BCUT2D eigenvalue weighted by Gasteiger charge is -2.45. The van der Waals surface area contributed by atoms with Crippen molar-refractivity contribution in [1.82, 2.24) is 15.3 Å². The first-order valence-electron chi connectivity index (χ1n) is 9.47. The van der Waals surface area contributed by atoms with Gasteiger partial charge in [0.1, 0.15) is 5.69 Å². The monoisotopic (exact) mass is 355 g/mol. The van der Waals surface area contributed by atoms with Crippen LogP contribution in [0.25, 0.3) is 0 Å². The molecule has 2 aromatic carbocycles. The van der Waals surface area contributed by atoms with E-state index in [4.69, 9.17) is 0 Å². The zero-order valence-corrected chi connectivity index (χ0v) is 15.2. The number of hydrogen-bond donors (Lipinski definition) is 1. The van der Waals surface area contributed by atoms with Crippen LogP contribution in [0.3, 0.4) is 0 Å². The average molecular weight is 355 g/mol. The van der Waals surface area contributed by atoms with Crippen molar-refractivity contribution in [3.8, 4) is 0 Å². The first-order chi connectivity index (χ1) is 13.2. The lowest BCUT2D eigenvalue weighted by atomic mass is 9.59. The number of aromatic nitrogens is 2. The average Bonchev–Trinajstić information content (AvgIpc) is 2.72. The van der Waals surface area contributed by atoms with Crippen LogP contribution in [-0.2, 0) is 0 Å². The predicted molar refractivity (Wildman–Crippen MR) is 104 cm³/mol. The quantitative estimate of drug-likeness (QED) is 0.777. The van der Waals surface area contributed by atoms with E-state index in [0.717, 1.165) is 12.1 Å². The van der Waals surface area contributed by atoms with Crippen molar-refractivity contribution in [2.45, 2.75) is 25.2 Å². The van der Waals surface area contributed by atoms with E-state index in [1.54, 1.807) is 12.4 Å². The molecule has 0 saturated heterocycles. The van der Waals surface area contributed by atoms with Gasteiger partial charge < -0.3 is 5.32 Å². The Labute approximate surface area is 158 Å². The van der Waals surface area contributed by atoms with Gasteiger partial charge in [0.2, 0.25) is 0 Å². The molecule has 1 atom stereocenters. The van der Waals surface area contributed by atoms with Crippen LogP contribution >= 0.6 is 0 Å². The fraction of sp³-hybridized carbons (Fsp3) is 0.261. The SMILES string of the molecule is Cc1cnc(C(=O)NCC2CC3c4ccccc4C2c2ccccc23)cn1. The molecular formula is C23H21N3O. The molecule has 134 valence electrons. The van der Waals surface area contributed by atoms with E-state index in [1.165, 1.54) is 22.3 Å². The number of nitrogens with one attached hydrogen (secondary N) is 1. The second kappa shape index (κ2) is 6.31. The van der Waals surface area contributed by atoms with Crippen LogP contribution in [0.5, 0.6) is 0 Å². The minimum absolute atomic E-state index is 0.148. The zero-order valence-electron chi connectivity index (χ0n) is 15.2. The molecule has 1 N–H and O–H groups in total. The molecule has 1 heterocycles. The molecule has 6 rings (SSSR count). The Morgan fingerprint density at radius 1 is 0.963 bits per heavy atom. The van der Waals surface area contributed by atoms with Gasteiger partial charge in [0.25, 0.3) is 5.91 Å². The third-order valence-electron chi connectivity index (χ3n) is 5.96. The highest BCUT2D eigenvalue weighted by Crippen LogP contribution is 2.55. The van der Waals surface area contributed by atoms with Crippen molar-refractivity contribution in [2.75, 3.05) is 6.54 Å². The molecule has 0 aliphatic heterocycles. The minimum Gasteiger partial charge on any atom is -0.350 e. The Kier molecular flexibility index (Phi) is 3.78. The maximum Gasteiger partial charge on any atom is 0.271 e. The summed E-state index contributed by atoms with van der Waals surface area (Å²) in [5.41, 5.74) is 6.93. The van der Waals surface area contributed by atoms with Gasteiger partial charge in [0, 0.05) is 24.6 Å². The Bertz CT molecular complexity index is 965. The van der Waals surface area contributed by atoms with E-state index in [2.05, 4.69) is 63.8 Å². The Hall–Kier alpha value is -3.01. The number of amides is 1. The Balaban J connectivity index is 1.42. The molecule has 1 unspecified atom stereocenters. The summed E-state index contributed by atoms with van der Waals surface area (Å²) < 4.78 is 0. The highest BCUT2D eigenvalue weighted by Gasteiger charge is 2.42. The molecule has 3 aliphatic rings. The molecule has 1 amide bonds. The molecule has 4 nitrogen and oxygen atoms in total. The number of carbonyl (C=O) groups excluding carboxylic acids is 1. The fourth-order valence-electron chi connectivity index (χ4n) is 4.78. The van der Waals surface area contributed by atoms with Gasteiger partial charge in [-0.1, -0.05) is 48.5 Å². The standard InChI is InChI=1S/C23H21N3O/c1-14-11-25-21(13-24-14)23(27)26-12-15-10-20-16-6-2-4-8-18(16)22(15)19-9-5-3-7-17(19)20/h2-9,11,13,15,20,22H,10,12H2,1H3,(H,26,27). The number of carbonyl (C=O) groups is 1. The third kappa shape index (κ3) is 2.64. The summed E-state index contributed by atoms with van der Waals surface area (Å²) in [5.74, 6) is 1.00. The molecule has 3 aromatic rings. The predicted octanol–water partition coefficient (Wildman–Crippen LogP) is 3.81. The van der Waals surface area contributed by atoms with Gasteiger partial charge in [-0.3, -0.25) is 9.78 Å². The van der Waals surface area contributed by atoms with E-state index in [0.29, 0.717) is 30.0 Å². The number of benzene rings is 2. The first kappa shape index (κ1) is 16.2. The fourth-order valence-corrected chi connectivity index (χ4v) is 4.78. The van der Waals surface area contributed by atoms with E-state index >= 15 is 0 Å². The topological polar surface area (TPSA) is 54.9 Å². The molecule has 4 heteroatoms. The first-order valence-corrected chi connectivity index (χ1v) is 9.47. The number of rotatable bonds is 3. The van der Waals surface area contributed by atoms with Gasteiger partial charge in [-0.25, -0.2) is 4.98 Å². The minimum atomic E-state index is -0.148. The Morgan fingerprint density at radius 3 is 2.19 bits per heavy atom. The summed E-state index contributed by atoms with van der Waals surface area (Å²) in [6, 6.07) is 17.5. The van der Waals surface area contributed by atoms with Crippen LogP contribution in [0.2, 0.25) is 0 Å². The number of fused-ring (bicyclic) bond motifs is 1. The van der Waals surface area contributed by atoms with Crippen molar-refractivity contribution in [2.24, 2.45) is 5.92 Å². The zero-order chi connectivity index (χ0) is 18.4. The molecule has 0 saturated carbocycles. The third-order valence-corrected chi connectivity index (χ3v) is 5.96. The summed E-state index contributed by atoms with van der Waals surface area (Å²) in [4.78, 5) is 20.8. The molecule has 0 radical (unpaired) electrons. The highest BCUT2D eigenvalue weighted by atomic mass is 16.1. The summed E-state index contributed by atoms with van der Waals surface area (Å²) in [7, 11) is 0. The van der Waals surface area contributed by atoms with E-state index in [-0.39, 0.29) is 5.91 Å². The van der Waals surface area contributed by atoms with Crippen molar-refractivity contribution in [1.29, 1.82) is 0 Å². The second-order valence-corrected chi connectivity index (χ2v) is 7.54. The molecule has 1 aromatic heterocycles. The van der Waals surface area contributed by atoms with Gasteiger partial charge in [-0.05, 0) is 41.5 Å². The highest BCUT2D eigenvalue weighted by molar-refractivity contribution is 5.91. The van der Waals surface area contributed by atoms with Gasteiger partial charge in [-0.2, -0.15) is 0 Å². The lowest BCUT2D eigenvalue weighted by molar-refractivity contribution is 0.0937. The normalized spacial score (nSPS) is 22.0. The molecule has 3 aliphatic carbocycles. The van der Waals surface area contributed by atoms with E-state index < -0.39 is 0 Å². The van der Waals surface area contributed by atoms with Gasteiger partial charge >= 0.3 is 0 Å². The van der Waals surface area contributed by atoms with E-state index in [1.807, 2.05) is 6.92 Å². The Morgan fingerprint density at radius 2 is 1.59 bits per heavy atom. The number of aryl methyl sites for hydroxylation is 1. The molecule has 2 bridgehead atoms. The van der Waals surface area contributed by atoms with Crippen LogP contribution in [0, 0.1) is 12.8 Å². The second-order valence-electron chi connectivity index (χ2n) is 7.54. The van der Waals surface area contributed by atoms with Crippen molar-refractivity contribution in [3.63, 3.8) is 0 Å². The molecule has 27 heavy (non-hydrogen) atoms. The van der Waals surface area contributed by atoms with Gasteiger partial charge in [0.15, 0.2) is 0 Å². The largest absolute Gasteiger partial charge is 0.350 e. The van der Waals surface area contributed by atoms with Crippen molar-refractivity contribution < 1.29 is 4.79 Å². The van der Waals surface area contributed by atoms with Crippen LogP contribution < -0.4 is 5.32 Å². The summed E-state index contributed by atoms with van der Waals surface area (Å²) in [6.45, 7) is 2.51. The van der Waals surface area contributed by atoms with Crippen LogP contribution in [0.1, 0.15) is 56.7 Å². The van der Waals surface area contributed by atoms with E-state index in [9.17, 15) is 4.79 Å². The van der Waals surface area contributed by atoms with Crippen molar-refractivity contribution >= 4 is 5.91 Å². The maximum absolute atomic E-state index is 12.5. The molecule has 0 fully saturated rings. The lowest BCUT2D eigenvalue weighted by Crippen LogP contribution is -2.39. The van der Waals surface area contributed by atoms with Gasteiger partial charge in [0.05, 0.1) is 11.9 Å². The van der Waals surface area contributed by atoms with Crippen LogP contribution in [0.15, 0.2) is 60.9 Å². The van der Waals surface area contributed by atoms with Crippen molar-refractivity contribution in [3.05, 3.63) is 94.6 Å². The number of hydrogen-bond acceptors (Lipinski definition) is 3. The summed E-state index contributed by atoms with van der Waals surface area (Å²) in [5, 5.41) is 3.09. The van der Waals surface area contributed by atoms with Gasteiger partial charge in [-0.15, -0.1) is 0 Å². The maximum atomic E-state index is 12.5. The summed E-state index contributed by atoms with van der Waals surface area (Å²) >= 11 is 0. The summed E-state index contributed by atoms with van der Waals surface area (Å²) in [6.07, 6.45) is 4.24. The molecular weight excluding hydrogens is 334 g/mol. The van der Waals surface area contributed by atoms with Crippen LogP contribution in [-0.4, -0.2) is 22.4 Å². The molecule has 0 spiro atoms. The van der Waals surface area contributed by atoms with Crippen LogP contribution in [0.4, 0.5) is 0 Å². The smallest absolute Gasteiger partial charge is 0.271 e. The number of nitrogens with zero attached hydrogens (tertiary/aromatic N) is 2.